The number of nitrogens with zero attached hydrogens (tertiary/aromatic N) is 1. The summed E-state index contributed by atoms with van der Waals surface area (Å²) < 4.78 is 19.0. The molecule has 1 aliphatic rings. The molecule has 1 heterocycles. The lowest BCUT2D eigenvalue weighted by Crippen LogP contribution is -2.47. The quantitative estimate of drug-likeness (QED) is 0.854. The number of nitrogens with two attached hydrogens (primary N) is 1. The van der Waals surface area contributed by atoms with E-state index in [1.165, 1.54) is 12.1 Å². The molecular formula is C19H21FN2O2. The molecule has 2 aromatic rings. The zero-order chi connectivity index (χ0) is 17.1. The Morgan fingerprint density at radius 1 is 1.21 bits per heavy atom. The van der Waals surface area contributed by atoms with Crippen LogP contribution in [0.25, 0.3) is 0 Å². The fraction of sp³-hybridized carbons (Fsp3) is 0.316. The minimum Gasteiger partial charge on any atom is -0.478 e. The maximum atomic E-state index is 13.1. The molecule has 0 saturated heterocycles. The number of unbranched alkanes of at least 4 members (excludes halogenated alkanes) is 1. The Labute approximate surface area is 141 Å². The number of ether oxygens (including phenoxy) is 1. The van der Waals surface area contributed by atoms with Crippen molar-refractivity contribution in [2.24, 2.45) is 0 Å². The number of carbonyl (C=O) groups is 1. The second-order valence-electron chi connectivity index (χ2n) is 6.01. The highest BCUT2D eigenvalue weighted by atomic mass is 19.1. The van der Waals surface area contributed by atoms with Crippen molar-refractivity contribution in [3.05, 3.63) is 53.8 Å². The third kappa shape index (κ3) is 3.35. The van der Waals surface area contributed by atoms with Gasteiger partial charge in [0.15, 0.2) is 6.10 Å². The van der Waals surface area contributed by atoms with E-state index in [1.807, 2.05) is 6.07 Å². The number of fused-ring (bicyclic) bond motifs is 1. The van der Waals surface area contributed by atoms with E-state index in [1.54, 1.807) is 29.2 Å². The van der Waals surface area contributed by atoms with Crippen LogP contribution in [0.1, 0.15) is 25.3 Å². The topological polar surface area (TPSA) is 55.6 Å². The first-order chi connectivity index (χ1) is 11.6. The lowest BCUT2D eigenvalue weighted by Gasteiger charge is -2.34. The predicted molar refractivity (Wildman–Crippen MR) is 92.6 cm³/mol. The highest BCUT2D eigenvalue weighted by molar-refractivity contribution is 6.00. The molecule has 5 heteroatoms. The molecule has 0 radical (unpaired) electrons. The maximum Gasteiger partial charge on any atom is 0.268 e. The average molecular weight is 328 g/mol. The normalized spacial score (nSPS) is 16.7. The second kappa shape index (κ2) is 6.91. The Kier molecular flexibility index (Phi) is 4.69. The van der Waals surface area contributed by atoms with Crippen LogP contribution in [0.5, 0.6) is 5.75 Å². The second-order valence-corrected chi connectivity index (χ2v) is 6.01. The number of hydrogen-bond donors (Lipinski definition) is 1. The highest BCUT2D eigenvalue weighted by Gasteiger charge is 2.34. The van der Waals surface area contributed by atoms with Crippen LogP contribution in [-0.2, 0) is 11.2 Å². The molecule has 1 unspecified atom stereocenters. The van der Waals surface area contributed by atoms with Crippen molar-refractivity contribution in [2.75, 3.05) is 17.2 Å². The van der Waals surface area contributed by atoms with E-state index in [-0.39, 0.29) is 11.7 Å². The summed E-state index contributed by atoms with van der Waals surface area (Å²) in [6.45, 7) is 2.74. The van der Waals surface area contributed by atoms with E-state index in [9.17, 15) is 9.18 Å². The molecule has 1 amide bonds. The Hall–Kier alpha value is -2.56. The van der Waals surface area contributed by atoms with Gasteiger partial charge in [0.2, 0.25) is 0 Å². The molecule has 0 fully saturated rings. The van der Waals surface area contributed by atoms with Crippen molar-refractivity contribution in [3.63, 3.8) is 0 Å². The number of nitrogen functional groups attached to an aromatic ring is 1. The molecule has 0 aromatic heterocycles. The SMILES string of the molecule is CCCCN1C(=O)C(Cc2ccc(F)cc2)Oc2cc(N)ccc21. The zero-order valence-corrected chi connectivity index (χ0v) is 13.7. The largest absolute Gasteiger partial charge is 0.478 e. The summed E-state index contributed by atoms with van der Waals surface area (Å²) in [5.41, 5.74) is 8.07. The van der Waals surface area contributed by atoms with E-state index in [0.29, 0.717) is 24.4 Å². The Bertz CT molecular complexity index is 731. The molecule has 1 aliphatic heterocycles. The van der Waals surface area contributed by atoms with E-state index < -0.39 is 6.10 Å². The molecule has 1 atom stereocenters. The van der Waals surface area contributed by atoms with Crippen molar-refractivity contribution in [3.8, 4) is 5.75 Å². The standard InChI is InChI=1S/C19H21FN2O2/c1-2-3-10-22-16-9-8-15(21)12-17(16)24-18(19(22)23)11-13-4-6-14(20)7-5-13/h4-9,12,18H,2-3,10-11,21H2,1H3. The molecular weight excluding hydrogens is 307 g/mol. The van der Waals surface area contributed by atoms with Crippen molar-refractivity contribution in [2.45, 2.75) is 32.3 Å². The van der Waals surface area contributed by atoms with Crippen LogP contribution in [-0.4, -0.2) is 18.6 Å². The Morgan fingerprint density at radius 2 is 1.96 bits per heavy atom. The monoisotopic (exact) mass is 328 g/mol. The lowest BCUT2D eigenvalue weighted by molar-refractivity contribution is -0.126. The van der Waals surface area contributed by atoms with Crippen molar-refractivity contribution in [1.82, 2.24) is 0 Å². The Morgan fingerprint density at radius 3 is 2.67 bits per heavy atom. The summed E-state index contributed by atoms with van der Waals surface area (Å²) >= 11 is 0. The first-order valence-electron chi connectivity index (χ1n) is 8.20. The number of rotatable bonds is 5. The molecule has 126 valence electrons. The van der Waals surface area contributed by atoms with Gasteiger partial charge in [-0.3, -0.25) is 4.79 Å². The van der Waals surface area contributed by atoms with Crippen molar-refractivity contribution in [1.29, 1.82) is 0 Å². The number of amides is 1. The molecule has 0 spiro atoms. The number of carbonyl (C=O) groups excluding carboxylic acids is 1. The number of anilines is 2. The molecule has 2 N–H and O–H groups in total. The molecule has 2 aromatic carbocycles. The number of hydrogen-bond acceptors (Lipinski definition) is 3. The molecule has 0 aliphatic carbocycles. The van der Waals surface area contributed by atoms with Gasteiger partial charge in [0.1, 0.15) is 11.6 Å². The van der Waals surface area contributed by atoms with Gasteiger partial charge in [-0.25, -0.2) is 4.39 Å². The van der Waals surface area contributed by atoms with Gasteiger partial charge < -0.3 is 15.4 Å². The first-order valence-corrected chi connectivity index (χ1v) is 8.20. The fourth-order valence-electron chi connectivity index (χ4n) is 2.85. The molecule has 3 rings (SSSR count). The van der Waals surface area contributed by atoms with Crippen LogP contribution in [0.3, 0.4) is 0 Å². The van der Waals surface area contributed by atoms with E-state index in [4.69, 9.17) is 10.5 Å². The van der Waals surface area contributed by atoms with Crippen LogP contribution < -0.4 is 15.4 Å². The molecule has 4 nitrogen and oxygen atoms in total. The van der Waals surface area contributed by atoms with Gasteiger partial charge in [0.05, 0.1) is 5.69 Å². The van der Waals surface area contributed by atoms with Crippen molar-refractivity contribution < 1.29 is 13.9 Å². The summed E-state index contributed by atoms with van der Waals surface area (Å²) in [7, 11) is 0. The number of halogens is 1. The van der Waals surface area contributed by atoms with Gasteiger partial charge in [-0.05, 0) is 36.2 Å². The van der Waals surface area contributed by atoms with Gasteiger partial charge in [0.25, 0.3) is 5.91 Å². The third-order valence-electron chi connectivity index (χ3n) is 4.15. The van der Waals surface area contributed by atoms with Crippen LogP contribution in [0.4, 0.5) is 15.8 Å². The Balaban J connectivity index is 1.88. The maximum absolute atomic E-state index is 13.1. The average Bonchev–Trinajstić information content (AvgIpc) is 2.57. The summed E-state index contributed by atoms with van der Waals surface area (Å²) in [4.78, 5) is 14.6. The van der Waals surface area contributed by atoms with E-state index in [2.05, 4.69) is 6.92 Å². The summed E-state index contributed by atoms with van der Waals surface area (Å²) in [6.07, 6.45) is 1.69. The van der Waals surface area contributed by atoms with Crippen LogP contribution in [0.15, 0.2) is 42.5 Å². The first kappa shape index (κ1) is 16.3. The third-order valence-corrected chi connectivity index (χ3v) is 4.15. The van der Waals surface area contributed by atoms with Gasteiger partial charge in [0, 0.05) is 24.7 Å². The minimum absolute atomic E-state index is 0.0648. The van der Waals surface area contributed by atoms with Gasteiger partial charge in [-0.1, -0.05) is 25.5 Å². The predicted octanol–water partition coefficient (Wildman–Crippen LogP) is 3.54. The zero-order valence-electron chi connectivity index (χ0n) is 13.7. The fourth-order valence-corrected chi connectivity index (χ4v) is 2.85. The van der Waals surface area contributed by atoms with Crippen LogP contribution in [0, 0.1) is 5.82 Å². The lowest BCUT2D eigenvalue weighted by atomic mass is 10.0. The highest BCUT2D eigenvalue weighted by Crippen LogP contribution is 2.36. The molecule has 24 heavy (non-hydrogen) atoms. The van der Waals surface area contributed by atoms with Crippen molar-refractivity contribution >= 4 is 17.3 Å². The summed E-state index contributed by atoms with van der Waals surface area (Å²) in [6, 6.07) is 11.5. The summed E-state index contributed by atoms with van der Waals surface area (Å²) in [5, 5.41) is 0. The molecule has 0 saturated carbocycles. The number of benzene rings is 2. The van der Waals surface area contributed by atoms with Crippen LogP contribution >= 0.6 is 0 Å². The van der Waals surface area contributed by atoms with E-state index >= 15 is 0 Å². The van der Waals surface area contributed by atoms with Gasteiger partial charge in [-0.2, -0.15) is 0 Å². The smallest absolute Gasteiger partial charge is 0.268 e. The summed E-state index contributed by atoms with van der Waals surface area (Å²) in [5.74, 6) is 0.264. The van der Waals surface area contributed by atoms with Crippen LogP contribution in [0.2, 0.25) is 0 Å². The van der Waals surface area contributed by atoms with Gasteiger partial charge in [-0.15, -0.1) is 0 Å². The van der Waals surface area contributed by atoms with E-state index in [0.717, 1.165) is 24.1 Å². The minimum atomic E-state index is -0.624. The van der Waals surface area contributed by atoms with Gasteiger partial charge >= 0.3 is 0 Å². The molecule has 0 bridgehead atoms.